The summed E-state index contributed by atoms with van der Waals surface area (Å²) in [6, 6.07) is 8.91. The van der Waals surface area contributed by atoms with Crippen LogP contribution in [0.5, 0.6) is 0 Å². The Kier molecular flexibility index (Phi) is 6.99. The van der Waals surface area contributed by atoms with Gasteiger partial charge in [0, 0.05) is 56.6 Å². The lowest BCUT2D eigenvalue weighted by Crippen LogP contribution is -2.43. The number of nitrogens with zero attached hydrogens (tertiary/aromatic N) is 3. The molecule has 0 bridgehead atoms. The Labute approximate surface area is 155 Å². The standard InChI is InChI=1S/C20H30N4S/c1-3-8-21-9-7-19-16-25-20(22-19)18-6-4-5-17(14-18)15-24-12-10-23(2)11-13-24/h4-6,14,16,21H,3,7-13,15H2,1-2H3. The molecule has 0 spiro atoms. The summed E-state index contributed by atoms with van der Waals surface area (Å²) < 4.78 is 0. The van der Waals surface area contributed by atoms with Crippen LogP contribution >= 0.6 is 11.3 Å². The largest absolute Gasteiger partial charge is 0.316 e. The van der Waals surface area contributed by atoms with Crippen LogP contribution in [0.1, 0.15) is 24.6 Å². The van der Waals surface area contributed by atoms with Crippen molar-refractivity contribution < 1.29 is 0 Å². The molecule has 1 aromatic heterocycles. The molecule has 1 aromatic carbocycles. The summed E-state index contributed by atoms with van der Waals surface area (Å²) in [6.45, 7) is 10.00. The second-order valence-corrected chi connectivity index (χ2v) is 7.78. The van der Waals surface area contributed by atoms with Crippen LogP contribution in [0.2, 0.25) is 0 Å². The van der Waals surface area contributed by atoms with Gasteiger partial charge in [-0.25, -0.2) is 4.98 Å². The van der Waals surface area contributed by atoms with Gasteiger partial charge in [-0.2, -0.15) is 0 Å². The van der Waals surface area contributed by atoms with E-state index in [1.54, 1.807) is 11.3 Å². The molecule has 1 N–H and O–H groups in total. The molecule has 0 amide bonds. The lowest BCUT2D eigenvalue weighted by Gasteiger charge is -2.32. The van der Waals surface area contributed by atoms with Crippen LogP contribution in [0.3, 0.4) is 0 Å². The highest BCUT2D eigenvalue weighted by molar-refractivity contribution is 7.13. The summed E-state index contributed by atoms with van der Waals surface area (Å²) in [5.41, 5.74) is 3.85. The van der Waals surface area contributed by atoms with Gasteiger partial charge < -0.3 is 10.2 Å². The van der Waals surface area contributed by atoms with Crippen LogP contribution in [-0.4, -0.2) is 61.1 Å². The number of hydrogen-bond donors (Lipinski definition) is 1. The lowest BCUT2D eigenvalue weighted by atomic mass is 10.1. The Balaban J connectivity index is 1.58. The fraction of sp³-hybridized carbons (Fsp3) is 0.550. The molecule has 0 radical (unpaired) electrons. The Hall–Kier alpha value is -1.27. The molecule has 2 heterocycles. The third-order valence-corrected chi connectivity index (χ3v) is 5.65. The van der Waals surface area contributed by atoms with E-state index in [9.17, 15) is 0 Å². The zero-order valence-electron chi connectivity index (χ0n) is 15.5. The molecule has 1 aliphatic rings. The first-order valence-electron chi connectivity index (χ1n) is 9.40. The monoisotopic (exact) mass is 358 g/mol. The molecule has 0 unspecified atom stereocenters. The number of nitrogens with one attached hydrogen (secondary N) is 1. The molecule has 2 aromatic rings. The maximum atomic E-state index is 4.83. The van der Waals surface area contributed by atoms with E-state index in [0.29, 0.717) is 0 Å². The number of aromatic nitrogens is 1. The average Bonchev–Trinajstić information content (AvgIpc) is 3.10. The summed E-state index contributed by atoms with van der Waals surface area (Å²) in [6.07, 6.45) is 2.19. The predicted molar refractivity (Wildman–Crippen MR) is 107 cm³/mol. The molecule has 4 nitrogen and oxygen atoms in total. The summed E-state index contributed by atoms with van der Waals surface area (Å²) in [5, 5.41) is 6.79. The normalized spacial score (nSPS) is 16.4. The number of likely N-dealkylation sites (N-methyl/N-ethyl adjacent to an activating group) is 1. The van der Waals surface area contributed by atoms with Gasteiger partial charge in [-0.15, -0.1) is 11.3 Å². The molecule has 0 aliphatic carbocycles. The van der Waals surface area contributed by atoms with Gasteiger partial charge in [0.05, 0.1) is 5.69 Å². The first kappa shape index (κ1) is 18.5. The number of benzene rings is 1. The second kappa shape index (κ2) is 9.43. The lowest BCUT2D eigenvalue weighted by molar-refractivity contribution is 0.148. The number of rotatable bonds is 8. The van der Waals surface area contributed by atoms with E-state index < -0.39 is 0 Å². The molecular weight excluding hydrogens is 328 g/mol. The van der Waals surface area contributed by atoms with Crippen molar-refractivity contribution in [2.75, 3.05) is 46.3 Å². The van der Waals surface area contributed by atoms with E-state index >= 15 is 0 Å². The first-order valence-corrected chi connectivity index (χ1v) is 10.3. The minimum atomic E-state index is 1.01. The predicted octanol–water partition coefficient (Wildman–Crippen LogP) is 3.10. The zero-order valence-corrected chi connectivity index (χ0v) is 16.3. The van der Waals surface area contributed by atoms with Crippen molar-refractivity contribution in [3.63, 3.8) is 0 Å². The quantitative estimate of drug-likeness (QED) is 0.735. The summed E-state index contributed by atoms with van der Waals surface area (Å²) in [5.74, 6) is 0. The first-order chi connectivity index (χ1) is 12.2. The molecule has 25 heavy (non-hydrogen) atoms. The van der Waals surface area contributed by atoms with Gasteiger partial charge in [0.2, 0.25) is 0 Å². The number of piperazine rings is 1. The van der Waals surface area contributed by atoms with Gasteiger partial charge in [0.15, 0.2) is 0 Å². The molecule has 1 saturated heterocycles. The van der Waals surface area contributed by atoms with Crippen molar-refractivity contribution in [2.45, 2.75) is 26.3 Å². The maximum Gasteiger partial charge on any atom is 0.123 e. The number of thiazole rings is 1. The van der Waals surface area contributed by atoms with Crippen molar-refractivity contribution in [1.29, 1.82) is 0 Å². The van der Waals surface area contributed by atoms with Gasteiger partial charge in [-0.1, -0.05) is 25.1 Å². The SMILES string of the molecule is CCCNCCc1csc(-c2cccc(CN3CCN(C)CC3)c2)n1. The molecular formula is C20H30N4S. The molecule has 0 atom stereocenters. The average molecular weight is 359 g/mol. The fourth-order valence-electron chi connectivity index (χ4n) is 3.14. The van der Waals surface area contributed by atoms with Gasteiger partial charge in [-0.3, -0.25) is 4.90 Å². The van der Waals surface area contributed by atoms with Crippen molar-refractivity contribution in [2.24, 2.45) is 0 Å². The maximum absolute atomic E-state index is 4.83. The van der Waals surface area contributed by atoms with Crippen molar-refractivity contribution >= 4 is 11.3 Å². The summed E-state index contributed by atoms with van der Waals surface area (Å²) >= 11 is 1.76. The highest BCUT2D eigenvalue weighted by Gasteiger charge is 2.14. The third-order valence-electron chi connectivity index (χ3n) is 4.71. The Morgan fingerprint density at radius 3 is 2.80 bits per heavy atom. The third kappa shape index (κ3) is 5.61. The molecule has 136 valence electrons. The highest BCUT2D eigenvalue weighted by Crippen LogP contribution is 2.25. The molecule has 3 rings (SSSR count). The van der Waals surface area contributed by atoms with Gasteiger partial charge >= 0.3 is 0 Å². The Morgan fingerprint density at radius 2 is 2.00 bits per heavy atom. The van der Waals surface area contributed by atoms with Gasteiger partial charge in [0.1, 0.15) is 5.01 Å². The smallest absolute Gasteiger partial charge is 0.123 e. The van der Waals surface area contributed by atoms with Crippen LogP contribution in [0, 0.1) is 0 Å². The van der Waals surface area contributed by atoms with E-state index in [0.717, 1.165) is 44.2 Å². The van der Waals surface area contributed by atoms with Crippen LogP contribution < -0.4 is 5.32 Å². The van der Waals surface area contributed by atoms with Gasteiger partial charge in [0.25, 0.3) is 0 Å². The van der Waals surface area contributed by atoms with Crippen LogP contribution in [-0.2, 0) is 13.0 Å². The van der Waals surface area contributed by atoms with Crippen LogP contribution in [0.4, 0.5) is 0 Å². The van der Waals surface area contributed by atoms with E-state index in [1.807, 2.05) is 0 Å². The minimum absolute atomic E-state index is 1.01. The summed E-state index contributed by atoms with van der Waals surface area (Å²) in [4.78, 5) is 9.78. The van der Waals surface area contributed by atoms with E-state index in [1.165, 1.54) is 36.3 Å². The molecule has 0 saturated carbocycles. The van der Waals surface area contributed by atoms with Gasteiger partial charge in [-0.05, 0) is 31.6 Å². The Bertz CT molecular complexity index is 647. The molecule has 1 aliphatic heterocycles. The van der Waals surface area contributed by atoms with Crippen LogP contribution in [0.15, 0.2) is 29.6 Å². The van der Waals surface area contributed by atoms with Crippen molar-refractivity contribution in [1.82, 2.24) is 20.1 Å². The van der Waals surface area contributed by atoms with Crippen LogP contribution in [0.25, 0.3) is 10.6 Å². The zero-order chi connectivity index (χ0) is 17.5. The minimum Gasteiger partial charge on any atom is -0.316 e. The van der Waals surface area contributed by atoms with Crippen molar-refractivity contribution in [3.05, 3.63) is 40.9 Å². The van der Waals surface area contributed by atoms with Crippen molar-refractivity contribution in [3.8, 4) is 10.6 Å². The number of hydrogen-bond acceptors (Lipinski definition) is 5. The highest BCUT2D eigenvalue weighted by atomic mass is 32.1. The topological polar surface area (TPSA) is 31.4 Å². The summed E-state index contributed by atoms with van der Waals surface area (Å²) in [7, 11) is 2.20. The fourth-order valence-corrected chi connectivity index (χ4v) is 3.99. The van der Waals surface area contributed by atoms with E-state index in [-0.39, 0.29) is 0 Å². The second-order valence-electron chi connectivity index (χ2n) is 6.92. The Morgan fingerprint density at radius 1 is 1.16 bits per heavy atom. The van der Waals surface area contributed by atoms with E-state index in [2.05, 4.69) is 58.7 Å². The molecule has 1 fully saturated rings. The molecule has 5 heteroatoms. The van der Waals surface area contributed by atoms with E-state index in [4.69, 9.17) is 4.98 Å².